The number of primary amides is 1. The number of nitrogens with zero attached hydrogens (tertiary/aromatic N) is 1. The molecule has 1 radical (unpaired) electrons. The van der Waals surface area contributed by atoms with E-state index in [1.807, 2.05) is 11.8 Å². The van der Waals surface area contributed by atoms with Crippen molar-refractivity contribution >= 4 is 47.4 Å². The second-order valence-electron chi connectivity index (χ2n) is 8.72. The Labute approximate surface area is 214 Å². The Balaban J connectivity index is 1.60. The Kier molecular flexibility index (Phi) is 11.6. The van der Waals surface area contributed by atoms with Crippen molar-refractivity contribution in [1.29, 1.82) is 0 Å². The first-order chi connectivity index (χ1) is 17.1. The molecule has 2 fully saturated rings. The van der Waals surface area contributed by atoms with E-state index < -0.39 is 29.8 Å². The number of aliphatic imine (C=N–C) groups is 1. The average molecular weight is 527 g/mol. The number of fused-ring (bicyclic) bond motifs is 1. The van der Waals surface area contributed by atoms with Crippen LogP contribution in [0.4, 0.5) is 4.79 Å². The zero-order chi connectivity index (χ0) is 26.7. The molecular formula is C21H36N9O5S. The van der Waals surface area contributed by atoms with E-state index >= 15 is 0 Å². The van der Waals surface area contributed by atoms with Crippen LogP contribution >= 0.6 is 11.8 Å². The molecule has 2 saturated heterocycles. The molecule has 2 unspecified atom stereocenters. The van der Waals surface area contributed by atoms with Gasteiger partial charge in [-0.2, -0.15) is 11.8 Å². The Bertz CT molecular complexity index is 852. The number of guanidine groups is 1. The Morgan fingerprint density at radius 2 is 1.89 bits per heavy atom. The molecule has 15 heteroatoms. The van der Waals surface area contributed by atoms with Crippen molar-refractivity contribution in [2.75, 3.05) is 12.3 Å². The van der Waals surface area contributed by atoms with Crippen LogP contribution in [-0.4, -0.2) is 77.3 Å². The van der Waals surface area contributed by atoms with Crippen LogP contribution < -0.4 is 43.8 Å². The monoisotopic (exact) mass is 526 g/mol. The molecule has 0 aromatic carbocycles. The maximum atomic E-state index is 12.2. The van der Waals surface area contributed by atoms with E-state index in [1.165, 1.54) is 6.92 Å². The normalized spacial score (nSPS) is 21.8. The number of rotatable bonds is 15. The SMILES string of the molecule is CC(NC(=O)CCCC[C@@H]1SC[C@@H]2NC(=O)N[C@@H]21)C(=O)N[CH]C(=O)NC(CCCN=C(N)N)C(N)=O. The first-order valence-corrected chi connectivity index (χ1v) is 12.9. The number of unbranched alkanes of at least 4 members (excludes halogenated alkanes) is 1. The first kappa shape index (κ1) is 29.0. The fraction of sp³-hybridized carbons (Fsp3) is 0.667. The first-order valence-electron chi connectivity index (χ1n) is 11.8. The van der Waals surface area contributed by atoms with Crippen LogP contribution in [0.5, 0.6) is 0 Å². The van der Waals surface area contributed by atoms with Crippen LogP contribution in [0.2, 0.25) is 0 Å². The maximum absolute atomic E-state index is 12.2. The highest BCUT2D eigenvalue weighted by molar-refractivity contribution is 8.00. The van der Waals surface area contributed by atoms with E-state index in [4.69, 9.17) is 17.2 Å². The molecule has 2 aliphatic heterocycles. The number of hydrogen-bond donors (Lipinski definition) is 8. The molecule has 11 N–H and O–H groups in total. The minimum absolute atomic E-state index is 0.0776. The van der Waals surface area contributed by atoms with Crippen molar-refractivity contribution in [2.45, 2.75) is 74.9 Å². The van der Waals surface area contributed by atoms with E-state index in [0.717, 1.165) is 25.1 Å². The number of nitrogens with one attached hydrogen (secondary N) is 5. The number of nitrogens with two attached hydrogens (primary N) is 3. The highest BCUT2D eigenvalue weighted by Gasteiger charge is 2.42. The minimum atomic E-state index is -0.952. The van der Waals surface area contributed by atoms with Gasteiger partial charge in [0.2, 0.25) is 23.6 Å². The van der Waals surface area contributed by atoms with E-state index in [1.54, 1.807) is 0 Å². The number of carbonyl (C=O) groups is 5. The zero-order valence-corrected chi connectivity index (χ0v) is 21.1. The molecular weight excluding hydrogens is 490 g/mol. The number of urea groups is 1. The predicted octanol–water partition coefficient (Wildman–Crippen LogP) is -2.48. The van der Waals surface area contributed by atoms with E-state index in [2.05, 4.69) is 31.6 Å². The molecule has 0 spiro atoms. The molecule has 0 aromatic heterocycles. The standard InChI is InChI=1S/C21H36N9O5S/c1-11(19(34)26-9-16(32)28-12(18(22)33)5-4-8-25-20(23)24)27-15(31)7-3-2-6-14-17-13(10-36-14)29-21(35)30-17/h9,11-14,17H,2-8,10H2,1H3,(H2,22,33)(H,26,34)(H,27,31)(H,28,32)(H4,23,24,25)(H2,29,30,35)/t11?,12?,13-,14-,17-/m0/s1. The number of thioether (sulfide) groups is 1. The van der Waals surface area contributed by atoms with Gasteiger partial charge in [-0.1, -0.05) is 6.42 Å². The third-order valence-electron chi connectivity index (χ3n) is 5.80. The molecule has 2 heterocycles. The summed E-state index contributed by atoms with van der Waals surface area (Å²) in [4.78, 5) is 63.2. The van der Waals surface area contributed by atoms with Gasteiger partial charge in [-0.05, 0) is 32.6 Å². The van der Waals surface area contributed by atoms with Crippen LogP contribution in [0.25, 0.3) is 0 Å². The summed E-state index contributed by atoms with van der Waals surface area (Å²) in [5.41, 5.74) is 15.7. The average Bonchev–Trinajstić information content (AvgIpc) is 3.35. The highest BCUT2D eigenvalue weighted by atomic mass is 32.2. The van der Waals surface area contributed by atoms with Gasteiger partial charge in [-0.3, -0.25) is 24.2 Å². The molecule has 2 rings (SSSR count). The van der Waals surface area contributed by atoms with Gasteiger partial charge < -0.3 is 43.8 Å². The lowest BCUT2D eigenvalue weighted by Crippen LogP contribution is -2.48. The molecule has 0 bridgehead atoms. The molecule has 0 saturated carbocycles. The molecule has 2 aliphatic rings. The van der Waals surface area contributed by atoms with Gasteiger partial charge in [0.1, 0.15) is 18.6 Å². The second kappa shape index (κ2) is 14.4. The molecule has 14 nitrogen and oxygen atoms in total. The fourth-order valence-corrected chi connectivity index (χ4v) is 5.46. The molecule has 6 amide bonds. The molecule has 5 atom stereocenters. The van der Waals surface area contributed by atoms with Gasteiger partial charge in [-0.15, -0.1) is 0 Å². The smallest absolute Gasteiger partial charge is 0.315 e. The molecule has 36 heavy (non-hydrogen) atoms. The number of amides is 6. The van der Waals surface area contributed by atoms with Crippen LogP contribution in [0.1, 0.15) is 45.4 Å². The predicted molar refractivity (Wildman–Crippen MR) is 135 cm³/mol. The van der Waals surface area contributed by atoms with E-state index in [0.29, 0.717) is 18.1 Å². The highest BCUT2D eigenvalue weighted by Crippen LogP contribution is 2.33. The van der Waals surface area contributed by atoms with Crippen molar-refractivity contribution in [1.82, 2.24) is 26.6 Å². The fourth-order valence-electron chi connectivity index (χ4n) is 3.92. The lowest BCUT2D eigenvalue weighted by Gasteiger charge is -2.17. The summed E-state index contributed by atoms with van der Waals surface area (Å²) in [5, 5.41) is 13.5. The number of hydrogen-bond acceptors (Lipinski definition) is 7. The van der Waals surface area contributed by atoms with Gasteiger partial charge in [0, 0.05) is 24.0 Å². The maximum Gasteiger partial charge on any atom is 0.315 e. The zero-order valence-electron chi connectivity index (χ0n) is 20.2. The second-order valence-corrected chi connectivity index (χ2v) is 9.99. The van der Waals surface area contributed by atoms with Crippen LogP contribution in [0.3, 0.4) is 0 Å². The van der Waals surface area contributed by atoms with Crippen molar-refractivity contribution in [2.24, 2.45) is 22.2 Å². The van der Waals surface area contributed by atoms with E-state index in [-0.39, 0.29) is 49.4 Å². The van der Waals surface area contributed by atoms with Crippen LogP contribution in [-0.2, 0) is 19.2 Å². The summed E-state index contributed by atoms with van der Waals surface area (Å²) in [6.07, 6.45) is 3.27. The van der Waals surface area contributed by atoms with Gasteiger partial charge in [0.15, 0.2) is 5.96 Å². The summed E-state index contributed by atoms with van der Waals surface area (Å²) in [6, 6.07) is -1.63. The van der Waals surface area contributed by atoms with Gasteiger partial charge >= 0.3 is 6.03 Å². The van der Waals surface area contributed by atoms with Crippen LogP contribution in [0, 0.1) is 6.54 Å². The quantitative estimate of drug-likeness (QED) is 0.0491. The third kappa shape index (κ3) is 9.79. The lowest BCUT2D eigenvalue weighted by molar-refractivity contribution is -0.129. The van der Waals surface area contributed by atoms with Crippen molar-refractivity contribution in [3.63, 3.8) is 0 Å². The summed E-state index contributed by atoms with van der Waals surface area (Å²) in [7, 11) is 0. The Morgan fingerprint density at radius 3 is 2.58 bits per heavy atom. The summed E-state index contributed by atoms with van der Waals surface area (Å²) >= 11 is 1.82. The Morgan fingerprint density at radius 1 is 1.14 bits per heavy atom. The molecule has 201 valence electrons. The topological polar surface area (TPSA) is 236 Å². The van der Waals surface area contributed by atoms with Gasteiger partial charge in [0.25, 0.3) is 0 Å². The van der Waals surface area contributed by atoms with Crippen molar-refractivity contribution < 1.29 is 24.0 Å². The number of carbonyl (C=O) groups excluding carboxylic acids is 5. The summed E-state index contributed by atoms with van der Waals surface area (Å²) in [5.74, 6) is -1.49. The minimum Gasteiger partial charge on any atom is -0.370 e. The van der Waals surface area contributed by atoms with Crippen molar-refractivity contribution in [3.05, 3.63) is 6.54 Å². The Hall–Kier alpha value is -3.23. The largest absolute Gasteiger partial charge is 0.370 e. The summed E-state index contributed by atoms with van der Waals surface area (Å²) in [6.45, 7) is 2.65. The summed E-state index contributed by atoms with van der Waals surface area (Å²) < 4.78 is 0. The van der Waals surface area contributed by atoms with Gasteiger partial charge in [-0.25, -0.2) is 4.79 Å². The third-order valence-corrected chi connectivity index (χ3v) is 7.31. The van der Waals surface area contributed by atoms with Crippen molar-refractivity contribution in [3.8, 4) is 0 Å². The molecule has 0 aliphatic carbocycles. The van der Waals surface area contributed by atoms with Gasteiger partial charge in [0.05, 0.1) is 12.1 Å². The lowest BCUT2D eigenvalue weighted by atomic mass is 10.0. The van der Waals surface area contributed by atoms with E-state index in [9.17, 15) is 24.0 Å². The van der Waals surface area contributed by atoms with Crippen LogP contribution in [0.15, 0.2) is 4.99 Å². The molecule has 0 aromatic rings.